The molecule has 4 heteroatoms. The molecular weight excluding hydrogens is 410 g/mol. The van der Waals surface area contributed by atoms with E-state index in [1.54, 1.807) is 0 Å². The Balaban J connectivity index is 1.43. The molecule has 1 aromatic heterocycles. The lowest BCUT2D eigenvalue weighted by Gasteiger charge is -2.57. The molecule has 2 aliphatic carbocycles. The Morgan fingerprint density at radius 1 is 1.18 bits per heavy atom. The zero-order chi connectivity index (χ0) is 23.5. The van der Waals surface area contributed by atoms with Crippen LogP contribution in [-0.4, -0.2) is 13.1 Å². The van der Waals surface area contributed by atoms with E-state index >= 15 is 0 Å². The van der Waals surface area contributed by atoms with Gasteiger partial charge in [0.25, 0.3) is 0 Å². The Hall–Kier alpha value is -2.33. The van der Waals surface area contributed by atoms with E-state index in [0.29, 0.717) is 11.8 Å². The minimum Gasteiger partial charge on any atom is -0.469 e. The van der Waals surface area contributed by atoms with Crippen LogP contribution in [-0.2, 0) is 29.0 Å². The molecule has 33 heavy (non-hydrogen) atoms. The van der Waals surface area contributed by atoms with Crippen molar-refractivity contribution < 1.29 is 19.3 Å². The van der Waals surface area contributed by atoms with Crippen molar-refractivity contribution in [1.29, 1.82) is 0 Å². The Morgan fingerprint density at radius 2 is 1.97 bits per heavy atom. The van der Waals surface area contributed by atoms with Crippen molar-refractivity contribution in [3.05, 3.63) is 71.7 Å². The van der Waals surface area contributed by atoms with E-state index < -0.39 is 0 Å². The summed E-state index contributed by atoms with van der Waals surface area (Å²) in [5.74, 6) is 1.83. The molecule has 1 aromatic carbocycles. The highest BCUT2D eigenvalue weighted by molar-refractivity contribution is 5.77. The third-order valence-electron chi connectivity index (χ3n) is 8.76. The van der Waals surface area contributed by atoms with E-state index in [4.69, 9.17) is 9.15 Å². The number of rotatable bonds is 8. The second-order valence-electron chi connectivity index (χ2n) is 10.7. The van der Waals surface area contributed by atoms with Crippen LogP contribution in [0.1, 0.15) is 69.3 Å². The molecule has 0 unspecified atom stereocenters. The van der Waals surface area contributed by atoms with E-state index in [0.717, 1.165) is 63.8 Å². The molecule has 0 saturated heterocycles. The molecule has 2 saturated carbocycles. The molecule has 4 nitrogen and oxygen atoms in total. The van der Waals surface area contributed by atoms with Crippen LogP contribution >= 0.6 is 0 Å². The molecule has 0 radical (unpaired) electrons. The summed E-state index contributed by atoms with van der Waals surface area (Å²) < 4.78 is 11.1. The smallest absolute Gasteiger partial charge is 0.311 e. The van der Waals surface area contributed by atoms with E-state index in [1.807, 2.05) is 6.26 Å². The number of methoxy groups -OCH3 is 1. The largest absolute Gasteiger partial charge is 0.469 e. The number of quaternary nitrogens is 1. The van der Waals surface area contributed by atoms with Crippen LogP contribution in [0.4, 0.5) is 0 Å². The molecule has 2 N–H and O–H groups in total. The number of nitrogens with two attached hydrogens (primary N) is 1. The average Bonchev–Trinajstić information content (AvgIpc) is 3.25. The molecule has 2 fully saturated rings. The topological polar surface area (TPSA) is 56.0 Å². The van der Waals surface area contributed by atoms with Crippen LogP contribution < -0.4 is 5.32 Å². The third kappa shape index (κ3) is 4.68. The number of ether oxygens (including phenoxy) is 1. The van der Waals surface area contributed by atoms with Gasteiger partial charge in [-0.05, 0) is 74.3 Å². The van der Waals surface area contributed by atoms with E-state index in [9.17, 15) is 4.79 Å². The lowest BCUT2D eigenvalue weighted by atomic mass is 9.46. The van der Waals surface area contributed by atoms with E-state index in [-0.39, 0.29) is 16.8 Å². The van der Waals surface area contributed by atoms with E-state index in [2.05, 4.69) is 62.1 Å². The third-order valence-corrected chi connectivity index (χ3v) is 8.76. The van der Waals surface area contributed by atoms with Crippen LogP contribution in [0.5, 0.6) is 0 Å². The Labute approximate surface area is 198 Å². The summed E-state index contributed by atoms with van der Waals surface area (Å²) in [6, 6.07) is 12.7. The van der Waals surface area contributed by atoms with Crippen LogP contribution in [0.25, 0.3) is 0 Å². The molecule has 1 heterocycles. The van der Waals surface area contributed by atoms with Crippen LogP contribution in [0, 0.1) is 22.7 Å². The monoisotopic (exact) mass is 450 g/mol. The van der Waals surface area contributed by atoms with Crippen molar-refractivity contribution in [2.45, 2.75) is 71.9 Å². The fourth-order valence-corrected chi connectivity index (χ4v) is 7.01. The lowest BCUT2D eigenvalue weighted by Crippen LogP contribution is -2.80. The fourth-order valence-electron chi connectivity index (χ4n) is 7.01. The van der Waals surface area contributed by atoms with Gasteiger partial charge in [0, 0.05) is 5.56 Å². The quantitative estimate of drug-likeness (QED) is 0.431. The summed E-state index contributed by atoms with van der Waals surface area (Å²) in [6.07, 6.45) is 9.12. The first-order chi connectivity index (χ1) is 15.9. The molecule has 4 rings (SSSR count). The second-order valence-corrected chi connectivity index (χ2v) is 10.7. The normalized spacial score (nSPS) is 29.5. The van der Waals surface area contributed by atoms with Crippen LogP contribution in [0.15, 0.2) is 59.2 Å². The van der Waals surface area contributed by atoms with Gasteiger partial charge in [0.05, 0.1) is 18.8 Å². The van der Waals surface area contributed by atoms with Crippen molar-refractivity contribution in [3.8, 4) is 0 Å². The molecule has 178 valence electrons. The number of furan rings is 1. The van der Waals surface area contributed by atoms with Crippen molar-refractivity contribution in [2.75, 3.05) is 7.11 Å². The Bertz CT molecular complexity index is 964. The summed E-state index contributed by atoms with van der Waals surface area (Å²) in [5, 5.41) is 2.30. The number of esters is 1. The highest BCUT2D eigenvalue weighted by atomic mass is 16.5. The van der Waals surface area contributed by atoms with Gasteiger partial charge in [-0.25, -0.2) is 0 Å². The Kier molecular flexibility index (Phi) is 7.13. The molecule has 0 spiro atoms. The molecule has 0 aliphatic heterocycles. The van der Waals surface area contributed by atoms with Crippen LogP contribution in [0.2, 0.25) is 0 Å². The maximum atomic E-state index is 12.8. The molecule has 2 aliphatic rings. The van der Waals surface area contributed by atoms with Crippen molar-refractivity contribution in [1.82, 2.24) is 0 Å². The maximum Gasteiger partial charge on any atom is 0.311 e. The molecular formula is C29H40NO3+. The van der Waals surface area contributed by atoms with Gasteiger partial charge in [0.15, 0.2) is 5.76 Å². The summed E-state index contributed by atoms with van der Waals surface area (Å²) in [7, 11) is 1.54. The molecule has 4 atom stereocenters. The Morgan fingerprint density at radius 3 is 2.73 bits per heavy atom. The van der Waals surface area contributed by atoms with Crippen LogP contribution in [0.3, 0.4) is 0 Å². The zero-order valence-corrected chi connectivity index (χ0v) is 20.6. The number of hydrogen-bond acceptors (Lipinski definition) is 3. The van der Waals surface area contributed by atoms with Gasteiger partial charge in [0.1, 0.15) is 13.1 Å². The average molecular weight is 451 g/mol. The summed E-state index contributed by atoms with van der Waals surface area (Å²) in [4.78, 5) is 12.8. The fraction of sp³-hybridized carbons (Fsp3) is 0.552. The predicted molar refractivity (Wildman–Crippen MR) is 130 cm³/mol. The lowest BCUT2D eigenvalue weighted by molar-refractivity contribution is -0.688. The van der Waals surface area contributed by atoms with Gasteiger partial charge in [-0.3, -0.25) is 4.79 Å². The molecule has 0 bridgehead atoms. The summed E-state index contributed by atoms with van der Waals surface area (Å²) in [6.45, 7) is 10.9. The minimum atomic E-state index is -0.381. The first-order valence-electron chi connectivity index (χ1n) is 12.6. The van der Waals surface area contributed by atoms with Gasteiger partial charge < -0.3 is 14.5 Å². The number of carbonyl (C=O) groups excluding carboxylic acids is 1. The second kappa shape index (κ2) is 9.89. The summed E-state index contributed by atoms with van der Waals surface area (Å²) in [5.41, 5.74) is 3.72. The van der Waals surface area contributed by atoms with Gasteiger partial charge in [0.2, 0.25) is 0 Å². The first-order valence-corrected chi connectivity index (χ1v) is 12.6. The predicted octanol–water partition coefficient (Wildman–Crippen LogP) is 5.43. The van der Waals surface area contributed by atoms with Gasteiger partial charge >= 0.3 is 5.97 Å². The van der Waals surface area contributed by atoms with Gasteiger partial charge in [-0.2, -0.15) is 0 Å². The van der Waals surface area contributed by atoms with Crippen molar-refractivity contribution in [3.63, 3.8) is 0 Å². The minimum absolute atomic E-state index is 0.0317. The summed E-state index contributed by atoms with van der Waals surface area (Å²) >= 11 is 0. The van der Waals surface area contributed by atoms with Gasteiger partial charge in [-0.1, -0.05) is 55.8 Å². The standard InChI is InChI=1S/C29H39NO3/c1-21-11-14-26-28(2,16-8-17-29(26,3)27(31)32-4)24(21)13-12-23-15-18-33-25(23)20-30-19-22-9-6-5-7-10-22/h5-7,9-10,15,18,24,26,30H,1,8,11-14,16-17,19-20H2,2-4H3/p+1/t24-,26-,28-,29+/m0/s1. The molecule has 2 aromatic rings. The number of aryl methyl sites for hydroxylation is 1. The number of allylic oxidation sites excluding steroid dienone is 1. The highest BCUT2D eigenvalue weighted by Crippen LogP contribution is 2.62. The number of carbonyl (C=O) groups is 1. The van der Waals surface area contributed by atoms with Crippen molar-refractivity contribution in [2.24, 2.45) is 22.7 Å². The molecule has 0 amide bonds. The van der Waals surface area contributed by atoms with Gasteiger partial charge in [-0.15, -0.1) is 0 Å². The number of fused-ring (bicyclic) bond motifs is 1. The maximum absolute atomic E-state index is 12.8. The highest BCUT2D eigenvalue weighted by Gasteiger charge is 2.57. The number of hydrogen-bond donors (Lipinski definition) is 1. The van der Waals surface area contributed by atoms with Crippen molar-refractivity contribution >= 4 is 5.97 Å². The zero-order valence-electron chi connectivity index (χ0n) is 20.6. The SMILES string of the molecule is C=C1CC[C@H]2[C@@](C)(CCC[C@@]2(C)C(=O)OC)[C@H]1CCc1ccoc1C[NH2+]Cc1ccccc1. The van der Waals surface area contributed by atoms with E-state index in [1.165, 1.54) is 23.8 Å². The number of benzene rings is 1. The first kappa shape index (κ1) is 23.8.